The maximum atomic E-state index is 12.9. The predicted molar refractivity (Wildman–Crippen MR) is 119 cm³/mol. The molecule has 2 aromatic rings. The third-order valence-corrected chi connectivity index (χ3v) is 6.95. The highest BCUT2D eigenvalue weighted by molar-refractivity contribution is 7.89. The van der Waals surface area contributed by atoms with Crippen LogP contribution in [0.1, 0.15) is 54.1 Å². The van der Waals surface area contributed by atoms with E-state index in [4.69, 9.17) is 9.47 Å². The molecule has 0 saturated heterocycles. The van der Waals surface area contributed by atoms with E-state index in [0.29, 0.717) is 19.8 Å². The van der Waals surface area contributed by atoms with Crippen LogP contribution >= 0.6 is 0 Å². The Labute approximate surface area is 184 Å². The lowest BCUT2D eigenvalue weighted by Gasteiger charge is -2.16. The molecule has 0 heterocycles. The first kappa shape index (κ1) is 23.2. The summed E-state index contributed by atoms with van der Waals surface area (Å²) >= 11 is 0. The van der Waals surface area contributed by atoms with E-state index in [2.05, 4.69) is 10.0 Å². The first-order chi connectivity index (χ1) is 14.9. The third kappa shape index (κ3) is 6.06. The molecule has 8 heteroatoms. The van der Waals surface area contributed by atoms with Crippen LogP contribution in [0.4, 0.5) is 0 Å². The topological polar surface area (TPSA) is 93.7 Å². The third-order valence-electron chi connectivity index (χ3n) is 5.41. The highest BCUT2D eigenvalue weighted by atomic mass is 32.2. The van der Waals surface area contributed by atoms with Crippen molar-refractivity contribution in [2.75, 3.05) is 13.7 Å². The van der Waals surface area contributed by atoms with Gasteiger partial charge >= 0.3 is 0 Å². The van der Waals surface area contributed by atoms with E-state index >= 15 is 0 Å². The predicted octanol–water partition coefficient (Wildman–Crippen LogP) is 3.38. The Kier molecular flexibility index (Phi) is 8.06. The number of methoxy groups -OCH3 is 1. The molecule has 1 amide bonds. The normalized spacial score (nSPS) is 14.5. The van der Waals surface area contributed by atoms with Gasteiger partial charge in [-0.3, -0.25) is 4.79 Å². The lowest BCUT2D eigenvalue weighted by atomic mass is 10.1. The standard InChI is InChI=1S/C23H30N2O5S/c1-3-30-16-19-9-5-4-8-18(19)15-24-23(26)17-12-13-21(29-2)22(14-17)31(27,28)25-20-10-6-7-11-20/h4-5,8-9,12-14,20,25H,3,6-7,10-11,15-16H2,1-2H3,(H,24,26). The largest absolute Gasteiger partial charge is 0.495 e. The summed E-state index contributed by atoms with van der Waals surface area (Å²) in [7, 11) is -2.38. The summed E-state index contributed by atoms with van der Waals surface area (Å²) in [5, 5.41) is 2.87. The quantitative estimate of drug-likeness (QED) is 0.584. The summed E-state index contributed by atoms with van der Waals surface area (Å²) < 4.78 is 39.3. The second-order valence-electron chi connectivity index (χ2n) is 7.56. The van der Waals surface area contributed by atoms with Crippen LogP contribution in [0.2, 0.25) is 0 Å². The second-order valence-corrected chi connectivity index (χ2v) is 9.24. The molecular formula is C23H30N2O5S. The van der Waals surface area contributed by atoms with Gasteiger partial charge in [0.1, 0.15) is 10.6 Å². The van der Waals surface area contributed by atoms with Gasteiger partial charge in [-0.15, -0.1) is 0 Å². The molecule has 0 atom stereocenters. The van der Waals surface area contributed by atoms with Crippen molar-refractivity contribution in [3.05, 3.63) is 59.2 Å². The van der Waals surface area contributed by atoms with Crippen LogP contribution in [0.5, 0.6) is 5.75 Å². The van der Waals surface area contributed by atoms with Gasteiger partial charge in [0, 0.05) is 24.8 Å². The van der Waals surface area contributed by atoms with Gasteiger partial charge in [0.15, 0.2) is 0 Å². The summed E-state index contributed by atoms with van der Waals surface area (Å²) in [6.07, 6.45) is 3.67. The van der Waals surface area contributed by atoms with Gasteiger partial charge in [0.05, 0.1) is 13.7 Å². The summed E-state index contributed by atoms with van der Waals surface area (Å²) in [4.78, 5) is 12.7. The molecule has 7 nitrogen and oxygen atoms in total. The zero-order valence-corrected chi connectivity index (χ0v) is 18.8. The van der Waals surface area contributed by atoms with Gasteiger partial charge in [0.2, 0.25) is 10.0 Å². The highest BCUT2D eigenvalue weighted by Crippen LogP contribution is 2.27. The highest BCUT2D eigenvalue weighted by Gasteiger charge is 2.26. The molecule has 0 bridgehead atoms. The zero-order chi connectivity index (χ0) is 22.3. The molecule has 168 valence electrons. The van der Waals surface area contributed by atoms with Crippen molar-refractivity contribution in [2.24, 2.45) is 0 Å². The smallest absolute Gasteiger partial charge is 0.251 e. The fraction of sp³-hybridized carbons (Fsp3) is 0.435. The average molecular weight is 447 g/mol. The number of sulfonamides is 1. The molecule has 1 aliphatic rings. The minimum atomic E-state index is -3.80. The number of carbonyl (C=O) groups is 1. The first-order valence-corrected chi connectivity index (χ1v) is 12.1. The van der Waals surface area contributed by atoms with Crippen LogP contribution in [0.3, 0.4) is 0 Å². The summed E-state index contributed by atoms with van der Waals surface area (Å²) in [6, 6.07) is 12.1. The van der Waals surface area contributed by atoms with E-state index in [-0.39, 0.29) is 28.2 Å². The molecule has 0 unspecified atom stereocenters. The van der Waals surface area contributed by atoms with Crippen molar-refractivity contribution >= 4 is 15.9 Å². The van der Waals surface area contributed by atoms with Crippen molar-refractivity contribution in [1.29, 1.82) is 0 Å². The lowest BCUT2D eigenvalue weighted by molar-refractivity contribution is 0.0949. The molecule has 1 aliphatic carbocycles. The first-order valence-electron chi connectivity index (χ1n) is 10.6. The van der Waals surface area contributed by atoms with Gasteiger partial charge in [-0.1, -0.05) is 37.1 Å². The number of rotatable bonds is 10. The lowest BCUT2D eigenvalue weighted by Crippen LogP contribution is -2.33. The van der Waals surface area contributed by atoms with Crippen molar-refractivity contribution in [3.8, 4) is 5.75 Å². The summed E-state index contributed by atoms with van der Waals surface area (Å²) in [5.41, 5.74) is 2.21. The van der Waals surface area contributed by atoms with Gasteiger partial charge < -0.3 is 14.8 Å². The van der Waals surface area contributed by atoms with Crippen LogP contribution < -0.4 is 14.8 Å². The number of ether oxygens (including phenoxy) is 2. The summed E-state index contributed by atoms with van der Waals surface area (Å²) in [5.74, 6) is -0.143. The Morgan fingerprint density at radius 2 is 1.81 bits per heavy atom. The van der Waals surface area contributed by atoms with Gasteiger partial charge in [-0.05, 0) is 49.1 Å². The van der Waals surface area contributed by atoms with E-state index in [1.807, 2.05) is 31.2 Å². The maximum absolute atomic E-state index is 12.9. The Bertz CT molecular complexity index is 1000. The number of hydrogen-bond acceptors (Lipinski definition) is 5. The minimum absolute atomic E-state index is 0.0219. The minimum Gasteiger partial charge on any atom is -0.495 e. The van der Waals surface area contributed by atoms with E-state index in [9.17, 15) is 13.2 Å². The monoisotopic (exact) mass is 446 g/mol. The van der Waals surface area contributed by atoms with Crippen LogP contribution in [-0.2, 0) is 27.9 Å². The second kappa shape index (κ2) is 10.7. The number of carbonyl (C=O) groups excluding carboxylic acids is 1. The maximum Gasteiger partial charge on any atom is 0.251 e. The Hall–Kier alpha value is -2.42. The van der Waals surface area contributed by atoms with Crippen molar-refractivity contribution in [1.82, 2.24) is 10.0 Å². The summed E-state index contributed by atoms with van der Waals surface area (Å²) in [6.45, 7) is 3.33. The van der Waals surface area contributed by atoms with Gasteiger partial charge in [0.25, 0.3) is 5.91 Å². The molecule has 1 saturated carbocycles. The number of benzene rings is 2. The Morgan fingerprint density at radius 3 is 2.48 bits per heavy atom. The average Bonchev–Trinajstić information content (AvgIpc) is 3.28. The van der Waals surface area contributed by atoms with Gasteiger partial charge in [-0.2, -0.15) is 0 Å². The van der Waals surface area contributed by atoms with E-state index in [1.165, 1.54) is 19.2 Å². The molecule has 3 rings (SSSR count). The Balaban J connectivity index is 1.75. The van der Waals surface area contributed by atoms with E-state index in [1.54, 1.807) is 6.07 Å². The molecule has 0 aromatic heterocycles. The number of amides is 1. The fourth-order valence-corrected chi connectivity index (χ4v) is 5.21. The molecule has 0 spiro atoms. The van der Waals surface area contributed by atoms with Crippen LogP contribution in [0.15, 0.2) is 47.4 Å². The molecule has 0 radical (unpaired) electrons. The van der Waals surface area contributed by atoms with Crippen molar-refractivity contribution in [3.63, 3.8) is 0 Å². The van der Waals surface area contributed by atoms with Crippen molar-refractivity contribution < 1.29 is 22.7 Å². The van der Waals surface area contributed by atoms with Crippen molar-refractivity contribution in [2.45, 2.75) is 56.7 Å². The number of hydrogen-bond donors (Lipinski definition) is 2. The van der Waals surface area contributed by atoms with E-state index in [0.717, 1.165) is 36.8 Å². The van der Waals surface area contributed by atoms with Crippen LogP contribution in [0.25, 0.3) is 0 Å². The van der Waals surface area contributed by atoms with E-state index < -0.39 is 10.0 Å². The SMILES string of the molecule is CCOCc1ccccc1CNC(=O)c1ccc(OC)c(S(=O)(=O)NC2CCCC2)c1. The molecule has 2 N–H and O–H groups in total. The van der Waals surface area contributed by atoms with Crippen LogP contribution in [0, 0.1) is 0 Å². The Morgan fingerprint density at radius 1 is 1.10 bits per heavy atom. The molecule has 31 heavy (non-hydrogen) atoms. The van der Waals surface area contributed by atoms with Crippen LogP contribution in [-0.4, -0.2) is 34.1 Å². The fourth-order valence-electron chi connectivity index (χ4n) is 3.71. The number of nitrogens with one attached hydrogen (secondary N) is 2. The zero-order valence-electron chi connectivity index (χ0n) is 18.0. The van der Waals surface area contributed by atoms with Gasteiger partial charge in [-0.25, -0.2) is 13.1 Å². The molecule has 1 fully saturated rings. The molecule has 2 aromatic carbocycles. The molecule has 0 aliphatic heterocycles. The molecular weight excluding hydrogens is 416 g/mol.